The highest BCUT2D eigenvalue weighted by molar-refractivity contribution is 7.81. The zero-order valence-electron chi connectivity index (χ0n) is 5.54. The summed E-state index contributed by atoms with van der Waals surface area (Å²) in [5, 5.41) is 0.365. The highest BCUT2D eigenvalue weighted by Crippen LogP contribution is 2.15. The van der Waals surface area contributed by atoms with Gasteiger partial charge in [-0.05, 0) is 6.42 Å². The van der Waals surface area contributed by atoms with E-state index in [9.17, 15) is 0 Å². The van der Waals surface area contributed by atoms with Crippen LogP contribution in [0.25, 0.3) is 0 Å². The Morgan fingerprint density at radius 3 is 2.89 bits per heavy atom. The van der Waals surface area contributed by atoms with Crippen molar-refractivity contribution >= 4 is 12.6 Å². The Hall–Kier alpha value is 0.270. The van der Waals surface area contributed by atoms with Gasteiger partial charge in [-0.15, -0.1) is 0 Å². The standard InChI is InChI=1S/C6H12O2S/c1-7-5-4-8-3-2-6(5)9/h5-6,9H,2-4H2,1H3. The summed E-state index contributed by atoms with van der Waals surface area (Å²) < 4.78 is 10.3. The second-order valence-corrected chi connectivity index (χ2v) is 2.87. The minimum atomic E-state index is 0.196. The van der Waals surface area contributed by atoms with Crippen molar-refractivity contribution in [3.63, 3.8) is 0 Å². The zero-order valence-corrected chi connectivity index (χ0v) is 6.43. The normalized spacial score (nSPS) is 36.7. The minimum absolute atomic E-state index is 0.196. The molecule has 0 aliphatic carbocycles. The van der Waals surface area contributed by atoms with Crippen LogP contribution in [0.15, 0.2) is 0 Å². The molecule has 1 heterocycles. The summed E-state index contributed by atoms with van der Waals surface area (Å²) >= 11 is 4.33. The number of methoxy groups -OCH3 is 1. The molecule has 0 aromatic heterocycles. The van der Waals surface area contributed by atoms with Crippen LogP contribution in [0.4, 0.5) is 0 Å². The SMILES string of the molecule is COC1COCCC1S. The molecule has 1 saturated heterocycles. The van der Waals surface area contributed by atoms with Gasteiger partial charge in [0.25, 0.3) is 0 Å². The van der Waals surface area contributed by atoms with Crippen molar-refractivity contribution in [2.24, 2.45) is 0 Å². The fraction of sp³-hybridized carbons (Fsp3) is 1.00. The van der Waals surface area contributed by atoms with Crippen LogP contribution in [0.1, 0.15) is 6.42 Å². The first-order valence-corrected chi connectivity index (χ1v) is 3.65. The highest BCUT2D eigenvalue weighted by atomic mass is 32.1. The average Bonchev–Trinajstić information content (AvgIpc) is 1.89. The molecule has 1 aliphatic heterocycles. The topological polar surface area (TPSA) is 18.5 Å². The van der Waals surface area contributed by atoms with Gasteiger partial charge in [0.2, 0.25) is 0 Å². The highest BCUT2D eigenvalue weighted by Gasteiger charge is 2.21. The number of rotatable bonds is 1. The molecule has 2 nitrogen and oxygen atoms in total. The fourth-order valence-corrected chi connectivity index (χ4v) is 1.24. The number of hydrogen-bond donors (Lipinski definition) is 1. The molecule has 0 aromatic carbocycles. The largest absolute Gasteiger partial charge is 0.379 e. The van der Waals surface area contributed by atoms with Crippen molar-refractivity contribution in [3.05, 3.63) is 0 Å². The van der Waals surface area contributed by atoms with E-state index in [1.54, 1.807) is 7.11 Å². The molecule has 2 atom stereocenters. The zero-order chi connectivity index (χ0) is 6.69. The molecule has 54 valence electrons. The van der Waals surface area contributed by atoms with Crippen LogP contribution in [0.2, 0.25) is 0 Å². The van der Waals surface area contributed by atoms with Crippen molar-refractivity contribution in [1.29, 1.82) is 0 Å². The molecule has 0 aromatic rings. The lowest BCUT2D eigenvalue weighted by Crippen LogP contribution is -2.34. The molecule has 0 radical (unpaired) electrons. The van der Waals surface area contributed by atoms with Gasteiger partial charge in [-0.2, -0.15) is 12.6 Å². The summed E-state index contributed by atoms with van der Waals surface area (Å²) in [6, 6.07) is 0. The van der Waals surface area contributed by atoms with Crippen molar-refractivity contribution in [2.45, 2.75) is 17.8 Å². The molecule has 3 heteroatoms. The van der Waals surface area contributed by atoms with Crippen molar-refractivity contribution in [2.75, 3.05) is 20.3 Å². The molecule has 0 N–H and O–H groups in total. The fourth-order valence-electron chi connectivity index (χ4n) is 0.926. The molecule has 1 aliphatic rings. The lowest BCUT2D eigenvalue weighted by atomic mass is 10.2. The number of thiol groups is 1. The first-order valence-electron chi connectivity index (χ1n) is 3.13. The Balaban J connectivity index is 2.30. The molecule has 9 heavy (non-hydrogen) atoms. The van der Waals surface area contributed by atoms with E-state index in [0.717, 1.165) is 13.0 Å². The van der Waals surface area contributed by atoms with Crippen LogP contribution in [0.5, 0.6) is 0 Å². The van der Waals surface area contributed by atoms with E-state index in [0.29, 0.717) is 11.9 Å². The van der Waals surface area contributed by atoms with Crippen LogP contribution < -0.4 is 0 Å². The summed E-state index contributed by atoms with van der Waals surface area (Å²) in [5.41, 5.74) is 0. The van der Waals surface area contributed by atoms with Crippen LogP contribution in [-0.2, 0) is 9.47 Å². The van der Waals surface area contributed by atoms with E-state index in [4.69, 9.17) is 9.47 Å². The number of hydrogen-bond acceptors (Lipinski definition) is 3. The average molecular weight is 148 g/mol. The molecular formula is C6H12O2S. The molecule has 0 saturated carbocycles. The molecule has 1 fully saturated rings. The van der Waals surface area contributed by atoms with Crippen LogP contribution >= 0.6 is 12.6 Å². The van der Waals surface area contributed by atoms with Gasteiger partial charge >= 0.3 is 0 Å². The third kappa shape index (κ3) is 1.85. The van der Waals surface area contributed by atoms with Gasteiger partial charge in [0, 0.05) is 19.0 Å². The summed E-state index contributed by atoms with van der Waals surface area (Å²) in [7, 11) is 1.70. The summed E-state index contributed by atoms with van der Waals surface area (Å²) in [5.74, 6) is 0. The van der Waals surface area contributed by atoms with Gasteiger partial charge in [-0.1, -0.05) is 0 Å². The van der Waals surface area contributed by atoms with Gasteiger partial charge < -0.3 is 9.47 Å². The van der Waals surface area contributed by atoms with Gasteiger partial charge in [0.05, 0.1) is 12.7 Å². The van der Waals surface area contributed by atoms with E-state index in [1.807, 2.05) is 0 Å². The van der Waals surface area contributed by atoms with Crippen LogP contribution in [0, 0.1) is 0 Å². The lowest BCUT2D eigenvalue weighted by Gasteiger charge is -2.26. The van der Waals surface area contributed by atoms with Gasteiger partial charge in [0.15, 0.2) is 0 Å². The van der Waals surface area contributed by atoms with Crippen molar-refractivity contribution < 1.29 is 9.47 Å². The van der Waals surface area contributed by atoms with E-state index in [1.165, 1.54) is 0 Å². The van der Waals surface area contributed by atoms with E-state index >= 15 is 0 Å². The third-order valence-electron chi connectivity index (χ3n) is 1.57. The lowest BCUT2D eigenvalue weighted by molar-refractivity contribution is -0.0242. The quantitative estimate of drug-likeness (QED) is 0.552. The van der Waals surface area contributed by atoms with Crippen LogP contribution in [0.3, 0.4) is 0 Å². The van der Waals surface area contributed by atoms with E-state index in [-0.39, 0.29) is 6.10 Å². The second kappa shape index (κ2) is 3.44. The molecule has 0 bridgehead atoms. The van der Waals surface area contributed by atoms with Gasteiger partial charge in [-0.25, -0.2) is 0 Å². The minimum Gasteiger partial charge on any atom is -0.379 e. The van der Waals surface area contributed by atoms with E-state index in [2.05, 4.69) is 12.6 Å². The first-order chi connectivity index (χ1) is 4.34. The van der Waals surface area contributed by atoms with Crippen LogP contribution in [-0.4, -0.2) is 31.7 Å². The molecular weight excluding hydrogens is 136 g/mol. The first kappa shape index (κ1) is 7.38. The van der Waals surface area contributed by atoms with Crippen molar-refractivity contribution in [1.82, 2.24) is 0 Å². The predicted molar refractivity (Wildman–Crippen MR) is 39.0 cm³/mol. The smallest absolute Gasteiger partial charge is 0.0921 e. The van der Waals surface area contributed by atoms with Crippen molar-refractivity contribution in [3.8, 4) is 0 Å². The molecule has 0 amide bonds. The van der Waals surface area contributed by atoms with Gasteiger partial charge in [0.1, 0.15) is 0 Å². The Morgan fingerprint density at radius 2 is 2.44 bits per heavy atom. The Kier molecular flexibility index (Phi) is 2.82. The summed E-state index contributed by atoms with van der Waals surface area (Å²) in [4.78, 5) is 0. The summed E-state index contributed by atoms with van der Waals surface area (Å²) in [6.07, 6.45) is 1.20. The summed E-state index contributed by atoms with van der Waals surface area (Å²) in [6.45, 7) is 1.53. The molecule has 2 unspecified atom stereocenters. The maximum Gasteiger partial charge on any atom is 0.0921 e. The van der Waals surface area contributed by atoms with E-state index < -0.39 is 0 Å². The molecule has 1 rings (SSSR count). The second-order valence-electron chi connectivity index (χ2n) is 2.21. The van der Waals surface area contributed by atoms with Gasteiger partial charge in [-0.3, -0.25) is 0 Å². The third-order valence-corrected chi connectivity index (χ3v) is 2.16. The Labute approximate surface area is 60.9 Å². The predicted octanol–water partition coefficient (Wildman–Crippen LogP) is 0.720. The molecule has 0 spiro atoms. The maximum atomic E-state index is 5.17. The Bertz CT molecular complexity index is 87.1. The number of ether oxygens (including phenoxy) is 2. The maximum absolute atomic E-state index is 5.17. The monoisotopic (exact) mass is 148 g/mol. The Morgan fingerprint density at radius 1 is 1.67 bits per heavy atom.